The number of ketones is 1. The maximum atomic E-state index is 12.3. The van der Waals surface area contributed by atoms with Gasteiger partial charge >= 0.3 is 5.97 Å². The Bertz CT molecular complexity index is 847. The third-order valence-corrected chi connectivity index (χ3v) is 4.81. The summed E-state index contributed by atoms with van der Waals surface area (Å²) in [6, 6.07) is 14.4. The average Bonchev–Trinajstić information content (AvgIpc) is 3.02. The van der Waals surface area contributed by atoms with Crippen LogP contribution in [-0.2, 0) is 14.3 Å². The standard InChI is InChI=1S/C20H18BrNO4/c1-13-3-2-4-17(9-13)22-11-15(10-19(22)24)20(25)26-12-18(23)14-5-7-16(21)8-6-14/h2-9,15H,10-12H2,1H3. The Labute approximate surface area is 160 Å². The van der Waals surface area contributed by atoms with Crippen molar-refractivity contribution in [3.63, 3.8) is 0 Å². The van der Waals surface area contributed by atoms with Crippen LogP contribution >= 0.6 is 15.9 Å². The van der Waals surface area contributed by atoms with Crippen molar-refractivity contribution in [1.82, 2.24) is 0 Å². The summed E-state index contributed by atoms with van der Waals surface area (Å²) in [5, 5.41) is 0. The van der Waals surface area contributed by atoms with E-state index in [1.165, 1.54) is 0 Å². The lowest BCUT2D eigenvalue weighted by atomic mass is 10.1. The van der Waals surface area contributed by atoms with Gasteiger partial charge < -0.3 is 9.64 Å². The Morgan fingerprint density at radius 2 is 1.92 bits per heavy atom. The van der Waals surface area contributed by atoms with Crippen LogP contribution in [0.4, 0.5) is 5.69 Å². The van der Waals surface area contributed by atoms with Gasteiger partial charge in [-0.3, -0.25) is 14.4 Å². The van der Waals surface area contributed by atoms with Crippen molar-refractivity contribution in [3.8, 4) is 0 Å². The molecule has 2 aromatic carbocycles. The van der Waals surface area contributed by atoms with Crippen LogP contribution in [0.1, 0.15) is 22.3 Å². The predicted octanol–water partition coefficient (Wildman–Crippen LogP) is 3.54. The van der Waals surface area contributed by atoms with Gasteiger partial charge in [-0.2, -0.15) is 0 Å². The summed E-state index contributed by atoms with van der Waals surface area (Å²) in [5.74, 6) is -1.46. The minimum Gasteiger partial charge on any atom is -0.457 e. The number of benzene rings is 2. The Balaban J connectivity index is 1.58. The van der Waals surface area contributed by atoms with E-state index in [9.17, 15) is 14.4 Å². The van der Waals surface area contributed by atoms with E-state index in [0.717, 1.165) is 15.7 Å². The number of nitrogens with zero attached hydrogens (tertiary/aromatic N) is 1. The Morgan fingerprint density at radius 3 is 2.62 bits per heavy atom. The molecule has 0 radical (unpaired) electrons. The van der Waals surface area contributed by atoms with Crippen molar-refractivity contribution in [2.24, 2.45) is 5.92 Å². The van der Waals surface area contributed by atoms with Gasteiger partial charge in [-0.1, -0.05) is 40.2 Å². The molecule has 1 heterocycles. The van der Waals surface area contributed by atoms with Crippen molar-refractivity contribution in [3.05, 3.63) is 64.1 Å². The van der Waals surface area contributed by atoms with Crippen LogP contribution in [0.3, 0.4) is 0 Å². The first kappa shape index (κ1) is 18.3. The highest BCUT2D eigenvalue weighted by Gasteiger charge is 2.36. The number of amides is 1. The van der Waals surface area contributed by atoms with Gasteiger partial charge in [-0.25, -0.2) is 0 Å². The zero-order valence-electron chi connectivity index (χ0n) is 14.3. The molecule has 1 aliphatic heterocycles. The third kappa shape index (κ3) is 4.19. The third-order valence-electron chi connectivity index (χ3n) is 4.28. The molecule has 1 unspecified atom stereocenters. The quantitative estimate of drug-likeness (QED) is 0.553. The molecule has 1 fully saturated rings. The fourth-order valence-corrected chi connectivity index (χ4v) is 3.15. The minimum atomic E-state index is -0.555. The predicted molar refractivity (Wildman–Crippen MR) is 101 cm³/mol. The van der Waals surface area contributed by atoms with Crippen molar-refractivity contribution in [1.29, 1.82) is 0 Å². The number of aryl methyl sites for hydroxylation is 1. The fourth-order valence-electron chi connectivity index (χ4n) is 2.88. The molecule has 134 valence electrons. The summed E-state index contributed by atoms with van der Waals surface area (Å²) in [4.78, 5) is 38.2. The maximum Gasteiger partial charge on any atom is 0.311 e. The lowest BCUT2D eigenvalue weighted by Crippen LogP contribution is -2.27. The summed E-state index contributed by atoms with van der Waals surface area (Å²) >= 11 is 3.30. The highest BCUT2D eigenvalue weighted by atomic mass is 79.9. The number of carbonyl (C=O) groups excluding carboxylic acids is 3. The first-order valence-corrected chi connectivity index (χ1v) is 9.06. The fraction of sp³-hybridized carbons (Fsp3) is 0.250. The maximum absolute atomic E-state index is 12.3. The van der Waals surface area contributed by atoms with Gasteiger partial charge in [0, 0.05) is 28.7 Å². The number of Topliss-reactive ketones (excluding diaryl/α,β-unsaturated/α-hetero) is 1. The molecule has 0 aliphatic carbocycles. The van der Waals surface area contributed by atoms with Crippen LogP contribution in [0.2, 0.25) is 0 Å². The van der Waals surface area contributed by atoms with Gasteiger partial charge in [0.15, 0.2) is 12.4 Å². The van der Waals surface area contributed by atoms with E-state index in [0.29, 0.717) is 5.56 Å². The molecule has 3 rings (SSSR count). The molecule has 0 spiro atoms. The first-order chi connectivity index (χ1) is 12.4. The van der Waals surface area contributed by atoms with E-state index in [1.54, 1.807) is 29.2 Å². The van der Waals surface area contributed by atoms with Gasteiger partial charge in [0.2, 0.25) is 5.91 Å². The number of ether oxygens (including phenoxy) is 1. The average molecular weight is 416 g/mol. The van der Waals surface area contributed by atoms with Crippen LogP contribution in [0.25, 0.3) is 0 Å². The number of rotatable bonds is 5. The number of hydrogen-bond donors (Lipinski definition) is 0. The van der Waals surface area contributed by atoms with Crippen LogP contribution in [0.5, 0.6) is 0 Å². The van der Waals surface area contributed by atoms with Gasteiger partial charge in [0.25, 0.3) is 0 Å². The van der Waals surface area contributed by atoms with Gasteiger partial charge in [0.05, 0.1) is 5.92 Å². The molecular formula is C20H18BrNO4. The second-order valence-electron chi connectivity index (χ2n) is 6.28. The second-order valence-corrected chi connectivity index (χ2v) is 7.20. The molecule has 1 amide bonds. The van der Waals surface area contributed by atoms with Crippen LogP contribution in [0.15, 0.2) is 53.0 Å². The van der Waals surface area contributed by atoms with E-state index in [4.69, 9.17) is 4.74 Å². The summed E-state index contributed by atoms with van der Waals surface area (Å²) < 4.78 is 6.02. The van der Waals surface area contributed by atoms with E-state index in [-0.39, 0.29) is 31.3 Å². The van der Waals surface area contributed by atoms with Crippen LogP contribution in [-0.4, -0.2) is 30.8 Å². The minimum absolute atomic E-state index is 0.0965. The zero-order valence-corrected chi connectivity index (χ0v) is 15.9. The first-order valence-electron chi connectivity index (χ1n) is 8.26. The molecule has 1 atom stereocenters. The molecule has 0 aromatic heterocycles. The summed E-state index contributed by atoms with van der Waals surface area (Å²) in [5.41, 5.74) is 2.29. The van der Waals surface area contributed by atoms with Crippen LogP contribution in [0, 0.1) is 12.8 Å². The number of halogens is 1. The van der Waals surface area contributed by atoms with E-state index in [2.05, 4.69) is 15.9 Å². The highest BCUT2D eigenvalue weighted by molar-refractivity contribution is 9.10. The van der Waals surface area contributed by atoms with E-state index >= 15 is 0 Å². The summed E-state index contributed by atoms with van der Waals surface area (Å²) in [7, 11) is 0. The zero-order chi connectivity index (χ0) is 18.7. The molecule has 0 N–H and O–H groups in total. The summed E-state index contributed by atoms with van der Waals surface area (Å²) in [6.07, 6.45) is 0.0965. The molecule has 0 saturated carbocycles. The smallest absolute Gasteiger partial charge is 0.311 e. The number of anilines is 1. The molecule has 5 nitrogen and oxygen atoms in total. The summed E-state index contributed by atoms with van der Waals surface area (Å²) in [6.45, 7) is 1.90. The lowest BCUT2D eigenvalue weighted by Gasteiger charge is -2.17. The van der Waals surface area contributed by atoms with Gasteiger partial charge in [-0.05, 0) is 36.8 Å². The van der Waals surface area contributed by atoms with E-state index < -0.39 is 11.9 Å². The largest absolute Gasteiger partial charge is 0.457 e. The molecule has 0 bridgehead atoms. The van der Waals surface area contributed by atoms with E-state index in [1.807, 2.05) is 31.2 Å². The monoisotopic (exact) mass is 415 g/mol. The Morgan fingerprint density at radius 1 is 1.19 bits per heavy atom. The number of esters is 1. The van der Waals surface area contributed by atoms with Crippen molar-refractivity contribution < 1.29 is 19.1 Å². The molecule has 1 saturated heterocycles. The topological polar surface area (TPSA) is 63.7 Å². The van der Waals surface area contributed by atoms with Gasteiger partial charge in [-0.15, -0.1) is 0 Å². The molecule has 1 aliphatic rings. The van der Waals surface area contributed by atoms with Gasteiger partial charge in [0.1, 0.15) is 0 Å². The molecular weight excluding hydrogens is 398 g/mol. The number of hydrogen-bond acceptors (Lipinski definition) is 4. The second kappa shape index (κ2) is 7.83. The molecule has 2 aromatic rings. The Hall–Kier alpha value is -2.47. The van der Waals surface area contributed by atoms with Crippen molar-refractivity contribution in [2.75, 3.05) is 18.1 Å². The van der Waals surface area contributed by atoms with Crippen molar-refractivity contribution >= 4 is 39.3 Å². The normalized spacial score (nSPS) is 16.6. The lowest BCUT2D eigenvalue weighted by molar-refractivity contribution is -0.147. The SMILES string of the molecule is Cc1cccc(N2CC(C(=O)OCC(=O)c3ccc(Br)cc3)CC2=O)c1. The Kier molecular flexibility index (Phi) is 5.52. The highest BCUT2D eigenvalue weighted by Crippen LogP contribution is 2.26. The number of carbonyl (C=O) groups is 3. The molecule has 26 heavy (non-hydrogen) atoms. The van der Waals surface area contributed by atoms with Crippen LogP contribution < -0.4 is 4.90 Å². The molecule has 6 heteroatoms. The van der Waals surface area contributed by atoms with Crippen molar-refractivity contribution in [2.45, 2.75) is 13.3 Å².